The lowest BCUT2D eigenvalue weighted by Crippen LogP contribution is -2.23. The number of esters is 2. The quantitative estimate of drug-likeness (QED) is 0.397. The average molecular weight is 440 g/mol. The fraction of sp³-hybridized carbons (Fsp3) is 0.182. The Hall–Kier alpha value is -3.59. The number of hydrogen-bond donors (Lipinski definition) is 0. The first-order valence-corrected chi connectivity index (χ1v) is 10.0. The van der Waals surface area contributed by atoms with Crippen LogP contribution >= 0.6 is 11.8 Å². The molecule has 1 aliphatic rings. The second-order valence-corrected chi connectivity index (χ2v) is 7.44. The minimum atomic E-state index is -0.560. The maximum atomic E-state index is 12.7. The highest BCUT2D eigenvalue weighted by Crippen LogP contribution is 2.36. The molecule has 2 aromatic rings. The Morgan fingerprint density at radius 1 is 1.00 bits per heavy atom. The molecule has 3 rings (SSSR count). The highest BCUT2D eigenvalue weighted by atomic mass is 32.2. The van der Waals surface area contributed by atoms with Crippen molar-refractivity contribution in [2.75, 3.05) is 14.2 Å². The highest BCUT2D eigenvalue weighted by molar-refractivity contribution is 8.18. The van der Waals surface area contributed by atoms with Gasteiger partial charge < -0.3 is 14.2 Å². The maximum Gasteiger partial charge on any atom is 0.308 e. The van der Waals surface area contributed by atoms with E-state index in [0.717, 1.165) is 0 Å². The molecule has 2 aromatic carbocycles. The number of carbonyl (C=O) groups is 3. The first-order chi connectivity index (χ1) is 14.8. The van der Waals surface area contributed by atoms with Crippen LogP contribution in [-0.2, 0) is 14.4 Å². The van der Waals surface area contributed by atoms with Crippen LogP contribution in [0.25, 0.3) is 6.08 Å². The van der Waals surface area contributed by atoms with Gasteiger partial charge in [0.1, 0.15) is 11.4 Å². The van der Waals surface area contributed by atoms with Gasteiger partial charge in [0.25, 0.3) is 5.91 Å². The molecule has 0 atom stereocenters. The van der Waals surface area contributed by atoms with Crippen molar-refractivity contribution in [1.82, 2.24) is 4.90 Å². The zero-order valence-corrected chi connectivity index (χ0v) is 18.2. The Labute approximate surface area is 183 Å². The minimum Gasteiger partial charge on any atom is -0.494 e. The zero-order chi connectivity index (χ0) is 22.5. The van der Waals surface area contributed by atoms with Crippen LogP contribution in [0.5, 0.6) is 17.2 Å². The van der Waals surface area contributed by atoms with E-state index >= 15 is 0 Å². The lowest BCUT2D eigenvalue weighted by atomic mass is 10.2. The molecule has 1 fully saturated rings. The maximum absolute atomic E-state index is 12.7. The summed E-state index contributed by atoms with van der Waals surface area (Å²) in [5.41, 5.74) is 1.20. The van der Waals surface area contributed by atoms with E-state index in [-0.39, 0.29) is 17.4 Å². The van der Waals surface area contributed by atoms with Crippen molar-refractivity contribution in [1.29, 1.82) is 0 Å². The van der Waals surface area contributed by atoms with Gasteiger partial charge in [0.2, 0.25) is 0 Å². The SMILES string of the molecule is COc1ccccc1N=C1S/C(=C/c2ccc(OC(C)=O)c(OC(C)=O)c2)C(=O)N1C. The third-order valence-electron chi connectivity index (χ3n) is 4.08. The molecular weight excluding hydrogens is 420 g/mol. The Morgan fingerprint density at radius 2 is 1.68 bits per heavy atom. The van der Waals surface area contributed by atoms with Crippen molar-refractivity contribution in [3.63, 3.8) is 0 Å². The summed E-state index contributed by atoms with van der Waals surface area (Å²) in [7, 11) is 3.19. The van der Waals surface area contributed by atoms with Crippen LogP contribution < -0.4 is 14.2 Å². The number of ether oxygens (including phenoxy) is 3. The molecule has 160 valence electrons. The van der Waals surface area contributed by atoms with E-state index in [4.69, 9.17) is 14.2 Å². The van der Waals surface area contributed by atoms with Crippen molar-refractivity contribution in [2.24, 2.45) is 4.99 Å². The van der Waals surface area contributed by atoms with Crippen molar-refractivity contribution < 1.29 is 28.6 Å². The Morgan fingerprint density at radius 3 is 2.35 bits per heavy atom. The van der Waals surface area contributed by atoms with Crippen LogP contribution in [0.4, 0.5) is 5.69 Å². The van der Waals surface area contributed by atoms with E-state index in [1.54, 1.807) is 38.4 Å². The van der Waals surface area contributed by atoms with E-state index < -0.39 is 11.9 Å². The standard InChI is InChI=1S/C22H20N2O6S/c1-13(25)29-18-10-9-15(11-19(18)30-14(2)26)12-20-21(27)24(3)22(31-20)23-16-7-5-6-8-17(16)28-4/h5-12H,1-4H3/b20-12+,23-22?. The fourth-order valence-electron chi connectivity index (χ4n) is 2.72. The summed E-state index contributed by atoms with van der Waals surface area (Å²) in [6.45, 7) is 2.49. The molecule has 0 unspecified atom stereocenters. The Kier molecular flexibility index (Phi) is 6.76. The first kappa shape index (κ1) is 22.1. The van der Waals surface area contributed by atoms with E-state index in [1.807, 2.05) is 12.1 Å². The largest absolute Gasteiger partial charge is 0.494 e. The zero-order valence-electron chi connectivity index (χ0n) is 17.4. The lowest BCUT2D eigenvalue weighted by molar-refractivity contribution is -0.134. The molecule has 0 aromatic heterocycles. The van der Waals surface area contributed by atoms with Gasteiger partial charge in [0.15, 0.2) is 16.7 Å². The van der Waals surface area contributed by atoms with Crippen LogP contribution in [-0.4, -0.2) is 42.1 Å². The summed E-state index contributed by atoms with van der Waals surface area (Å²) in [6.07, 6.45) is 1.65. The number of carbonyl (C=O) groups excluding carboxylic acids is 3. The number of para-hydroxylation sites is 2. The minimum absolute atomic E-state index is 0.0868. The molecule has 1 aliphatic heterocycles. The Bertz CT molecular complexity index is 1110. The number of rotatable bonds is 5. The fourth-order valence-corrected chi connectivity index (χ4v) is 3.70. The summed E-state index contributed by atoms with van der Waals surface area (Å²) in [6, 6.07) is 11.9. The summed E-state index contributed by atoms with van der Waals surface area (Å²) >= 11 is 1.21. The van der Waals surface area contributed by atoms with Gasteiger partial charge in [-0.3, -0.25) is 19.3 Å². The van der Waals surface area contributed by atoms with Gasteiger partial charge in [0, 0.05) is 20.9 Å². The number of likely N-dealkylation sites (N-methyl/N-ethyl adjacent to an activating group) is 1. The molecule has 0 spiro atoms. The second kappa shape index (κ2) is 9.48. The molecule has 0 N–H and O–H groups in total. The highest BCUT2D eigenvalue weighted by Gasteiger charge is 2.30. The molecule has 1 amide bonds. The molecule has 0 saturated carbocycles. The molecule has 0 aliphatic carbocycles. The number of nitrogens with zero attached hydrogens (tertiary/aromatic N) is 2. The number of amides is 1. The summed E-state index contributed by atoms with van der Waals surface area (Å²) in [5.74, 6) is -0.525. The molecule has 1 heterocycles. The van der Waals surface area contributed by atoms with Gasteiger partial charge in [-0.25, -0.2) is 4.99 Å². The predicted octanol–water partition coefficient (Wildman–Crippen LogP) is 3.78. The van der Waals surface area contributed by atoms with Crippen LogP contribution in [0.3, 0.4) is 0 Å². The number of thioether (sulfide) groups is 1. The third kappa shape index (κ3) is 5.32. The lowest BCUT2D eigenvalue weighted by Gasteiger charge is -2.09. The predicted molar refractivity (Wildman–Crippen MR) is 117 cm³/mol. The monoisotopic (exact) mass is 440 g/mol. The molecule has 0 radical (unpaired) electrons. The van der Waals surface area contributed by atoms with Crippen LogP contribution in [0.2, 0.25) is 0 Å². The number of aliphatic imine (C=N–C) groups is 1. The normalized spacial score (nSPS) is 16.0. The second-order valence-electron chi connectivity index (χ2n) is 6.43. The van der Waals surface area contributed by atoms with Crippen LogP contribution in [0.15, 0.2) is 52.4 Å². The first-order valence-electron chi connectivity index (χ1n) is 9.18. The number of hydrogen-bond acceptors (Lipinski definition) is 8. The van der Waals surface area contributed by atoms with Gasteiger partial charge in [-0.15, -0.1) is 0 Å². The van der Waals surface area contributed by atoms with Crippen molar-refractivity contribution >= 4 is 46.5 Å². The van der Waals surface area contributed by atoms with Gasteiger partial charge in [0.05, 0.1) is 12.0 Å². The van der Waals surface area contributed by atoms with Crippen molar-refractivity contribution in [2.45, 2.75) is 13.8 Å². The summed E-state index contributed by atoms with van der Waals surface area (Å²) < 4.78 is 15.5. The molecule has 9 heteroatoms. The molecule has 0 bridgehead atoms. The Balaban J connectivity index is 1.93. The number of methoxy groups -OCH3 is 1. The molecule has 8 nitrogen and oxygen atoms in total. The summed E-state index contributed by atoms with van der Waals surface area (Å²) in [4.78, 5) is 41.8. The van der Waals surface area contributed by atoms with Crippen molar-refractivity contribution in [3.05, 3.63) is 52.9 Å². The van der Waals surface area contributed by atoms with Gasteiger partial charge in [-0.1, -0.05) is 18.2 Å². The van der Waals surface area contributed by atoms with E-state index in [9.17, 15) is 14.4 Å². The van der Waals surface area contributed by atoms with E-state index in [1.165, 1.54) is 42.6 Å². The van der Waals surface area contributed by atoms with Gasteiger partial charge in [-0.05, 0) is 47.7 Å². The average Bonchev–Trinajstić information content (AvgIpc) is 2.97. The van der Waals surface area contributed by atoms with Crippen LogP contribution in [0.1, 0.15) is 19.4 Å². The number of benzene rings is 2. The van der Waals surface area contributed by atoms with Gasteiger partial charge in [-0.2, -0.15) is 0 Å². The molecular formula is C22H20N2O6S. The van der Waals surface area contributed by atoms with Gasteiger partial charge >= 0.3 is 11.9 Å². The topological polar surface area (TPSA) is 94.5 Å². The van der Waals surface area contributed by atoms with Crippen LogP contribution in [0, 0.1) is 0 Å². The molecule has 31 heavy (non-hydrogen) atoms. The molecule has 1 saturated heterocycles. The van der Waals surface area contributed by atoms with E-state index in [2.05, 4.69) is 4.99 Å². The van der Waals surface area contributed by atoms with E-state index in [0.29, 0.717) is 27.1 Å². The third-order valence-corrected chi connectivity index (χ3v) is 5.14. The van der Waals surface area contributed by atoms with Crippen molar-refractivity contribution in [3.8, 4) is 17.2 Å². The summed E-state index contributed by atoms with van der Waals surface area (Å²) in [5, 5.41) is 0.498. The smallest absolute Gasteiger partial charge is 0.308 e. The number of amidine groups is 1.